The summed E-state index contributed by atoms with van der Waals surface area (Å²) in [6.45, 7) is 2.58. The van der Waals surface area contributed by atoms with Crippen LogP contribution in [0.15, 0.2) is 12.3 Å². The molecule has 0 bridgehead atoms. The number of allylic oxidation sites excluding steroid dienone is 1. The van der Waals surface area contributed by atoms with E-state index in [-0.39, 0.29) is 5.91 Å². The summed E-state index contributed by atoms with van der Waals surface area (Å²) in [5.41, 5.74) is 0. The van der Waals surface area contributed by atoms with Gasteiger partial charge in [-0.3, -0.25) is 4.79 Å². The summed E-state index contributed by atoms with van der Waals surface area (Å²) < 4.78 is 9.84. The quantitative estimate of drug-likeness (QED) is 0.477. The number of unbranched alkanes of at least 4 members (excludes halogenated alkanes) is 2. The van der Waals surface area contributed by atoms with Crippen LogP contribution in [0.4, 0.5) is 0 Å². The van der Waals surface area contributed by atoms with Crippen molar-refractivity contribution in [2.75, 3.05) is 20.5 Å². The predicted molar refractivity (Wildman–Crippen MR) is 54.6 cm³/mol. The number of carbonyl (C=O) groups is 1. The summed E-state index contributed by atoms with van der Waals surface area (Å²) in [5.74, 6) is -0.0373. The highest BCUT2D eigenvalue weighted by molar-refractivity contribution is 5.73. The molecule has 0 aliphatic rings. The van der Waals surface area contributed by atoms with Gasteiger partial charge in [-0.05, 0) is 25.5 Å². The van der Waals surface area contributed by atoms with Crippen molar-refractivity contribution < 1.29 is 14.3 Å². The highest BCUT2D eigenvalue weighted by atomic mass is 16.7. The SMILES string of the molecule is COCOCCCC/C=C\NC(C)=O. The maximum Gasteiger partial charge on any atom is 0.220 e. The van der Waals surface area contributed by atoms with Crippen molar-refractivity contribution in [1.29, 1.82) is 0 Å². The zero-order valence-electron chi connectivity index (χ0n) is 8.91. The molecular weight excluding hydrogens is 182 g/mol. The zero-order chi connectivity index (χ0) is 10.6. The molecule has 4 nitrogen and oxygen atoms in total. The van der Waals surface area contributed by atoms with E-state index in [2.05, 4.69) is 5.32 Å². The molecular formula is C10H19NO3. The van der Waals surface area contributed by atoms with Crippen molar-refractivity contribution in [2.45, 2.75) is 26.2 Å². The Morgan fingerprint density at radius 3 is 2.86 bits per heavy atom. The Kier molecular flexibility index (Phi) is 9.58. The van der Waals surface area contributed by atoms with Gasteiger partial charge in [0.15, 0.2) is 0 Å². The summed E-state index contributed by atoms with van der Waals surface area (Å²) in [7, 11) is 1.61. The first-order valence-electron chi connectivity index (χ1n) is 4.76. The average molecular weight is 201 g/mol. The Morgan fingerprint density at radius 2 is 2.21 bits per heavy atom. The van der Waals surface area contributed by atoms with Gasteiger partial charge in [0, 0.05) is 20.6 Å². The van der Waals surface area contributed by atoms with Crippen LogP contribution in [0.3, 0.4) is 0 Å². The molecule has 0 aliphatic carbocycles. The van der Waals surface area contributed by atoms with Crippen LogP contribution in [-0.2, 0) is 14.3 Å². The Morgan fingerprint density at radius 1 is 1.43 bits per heavy atom. The summed E-state index contributed by atoms with van der Waals surface area (Å²) in [6.07, 6.45) is 6.64. The molecule has 1 amide bonds. The van der Waals surface area contributed by atoms with E-state index in [1.54, 1.807) is 13.3 Å². The van der Waals surface area contributed by atoms with Gasteiger partial charge in [-0.1, -0.05) is 6.08 Å². The van der Waals surface area contributed by atoms with E-state index in [0.717, 1.165) is 25.9 Å². The van der Waals surface area contributed by atoms with Gasteiger partial charge >= 0.3 is 0 Å². The van der Waals surface area contributed by atoms with Gasteiger partial charge < -0.3 is 14.8 Å². The normalized spacial score (nSPS) is 10.7. The van der Waals surface area contributed by atoms with Crippen molar-refractivity contribution in [1.82, 2.24) is 5.32 Å². The molecule has 0 spiro atoms. The number of nitrogens with one attached hydrogen (secondary N) is 1. The van der Waals surface area contributed by atoms with Crippen molar-refractivity contribution in [3.8, 4) is 0 Å². The van der Waals surface area contributed by atoms with Crippen LogP contribution in [0.25, 0.3) is 0 Å². The molecule has 0 atom stereocenters. The maximum atomic E-state index is 10.5. The molecule has 0 aliphatic heterocycles. The molecule has 4 heteroatoms. The lowest BCUT2D eigenvalue weighted by atomic mass is 10.2. The molecule has 0 saturated heterocycles. The highest BCUT2D eigenvalue weighted by Gasteiger charge is 1.87. The smallest absolute Gasteiger partial charge is 0.220 e. The Balaban J connectivity index is 3.05. The fourth-order valence-corrected chi connectivity index (χ4v) is 0.868. The van der Waals surface area contributed by atoms with E-state index in [1.807, 2.05) is 6.08 Å². The molecule has 0 unspecified atom stereocenters. The molecule has 0 heterocycles. The summed E-state index contributed by atoms with van der Waals surface area (Å²) in [5, 5.41) is 2.59. The zero-order valence-corrected chi connectivity index (χ0v) is 8.91. The van der Waals surface area contributed by atoms with Crippen LogP contribution in [-0.4, -0.2) is 26.4 Å². The highest BCUT2D eigenvalue weighted by Crippen LogP contribution is 1.96. The molecule has 0 fully saturated rings. The van der Waals surface area contributed by atoms with E-state index in [4.69, 9.17) is 9.47 Å². The summed E-state index contributed by atoms with van der Waals surface area (Å²) in [4.78, 5) is 10.5. The number of carbonyl (C=O) groups excluding carboxylic acids is 1. The first-order chi connectivity index (χ1) is 6.77. The first kappa shape index (κ1) is 13.1. The number of amides is 1. The van der Waals surface area contributed by atoms with Gasteiger partial charge in [0.1, 0.15) is 6.79 Å². The van der Waals surface area contributed by atoms with Gasteiger partial charge in [-0.25, -0.2) is 0 Å². The summed E-state index contributed by atoms with van der Waals surface area (Å²) in [6, 6.07) is 0. The fraction of sp³-hybridized carbons (Fsp3) is 0.700. The van der Waals surface area contributed by atoms with Crippen LogP contribution in [0.2, 0.25) is 0 Å². The Hall–Kier alpha value is -0.870. The molecule has 14 heavy (non-hydrogen) atoms. The lowest BCUT2D eigenvalue weighted by Crippen LogP contribution is -2.11. The van der Waals surface area contributed by atoms with Crippen molar-refractivity contribution in [3.63, 3.8) is 0 Å². The van der Waals surface area contributed by atoms with E-state index >= 15 is 0 Å². The van der Waals surface area contributed by atoms with E-state index in [9.17, 15) is 4.79 Å². The molecule has 0 aromatic carbocycles. The van der Waals surface area contributed by atoms with Crippen molar-refractivity contribution in [2.24, 2.45) is 0 Å². The van der Waals surface area contributed by atoms with Crippen LogP contribution in [0.5, 0.6) is 0 Å². The van der Waals surface area contributed by atoms with Gasteiger partial charge in [-0.2, -0.15) is 0 Å². The number of ether oxygens (including phenoxy) is 2. The largest absolute Gasteiger partial charge is 0.359 e. The molecule has 0 saturated carbocycles. The Labute approximate surface area is 85.3 Å². The minimum absolute atomic E-state index is 0.0373. The molecule has 0 rings (SSSR count). The van der Waals surface area contributed by atoms with Gasteiger partial charge in [0.25, 0.3) is 0 Å². The van der Waals surface area contributed by atoms with Crippen molar-refractivity contribution in [3.05, 3.63) is 12.3 Å². The number of rotatable bonds is 8. The van der Waals surface area contributed by atoms with Crippen LogP contribution in [0, 0.1) is 0 Å². The topological polar surface area (TPSA) is 47.6 Å². The van der Waals surface area contributed by atoms with Gasteiger partial charge in [-0.15, -0.1) is 0 Å². The third-order valence-electron chi connectivity index (χ3n) is 1.52. The second kappa shape index (κ2) is 10.2. The predicted octanol–water partition coefficient (Wildman–Crippen LogP) is 1.43. The molecule has 0 aromatic rings. The standard InChI is InChI=1S/C10H19NO3/c1-10(12)11-7-5-3-4-6-8-14-9-13-2/h5,7H,3-4,6,8-9H2,1-2H3,(H,11,12)/b7-5-. The van der Waals surface area contributed by atoms with E-state index < -0.39 is 0 Å². The molecule has 1 N–H and O–H groups in total. The summed E-state index contributed by atoms with van der Waals surface area (Å²) >= 11 is 0. The van der Waals surface area contributed by atoms with E-state index in [0.29, 0.717) is 6.79 Å². The van der Waals surface area contributed by atoms with Gasteiger partial charge in [0.05, 0.1) is 0 Å². The first-order valence-corrected chi connectivity index (χ1v) is 4.76. The maximum absolute atomic E-state index is 10.5. The van der Waals surface area contributed by atoms with Crippen molar-refractivity contribution >= 4 is 5.91 Å². The second-order valence-corrected chi connectivity index (χ2v) is 2.91. The van der Waals surface area contributed by atoms with Crippen LogP contribution < -0.4 is 5.32 Å². The Bertz CT molecular complexity index is 169. The minimum atomic E-state index is -0.0373. The molecule has 0 aromatic heterocycles. The van der Waals surface area contributed by atoms with Gasteiger partial charge in [0.2, 0.25) is 5.91 Å². The monoisotopic (exact) mass is 201 g/mol. The minimum Gasteiger partial charge on any atom is -0.359 e. The van der Waals surface area contributed by atoms with Crippen LogP contribution >= 0.6 is 0 Å². The number of hydrogen-bond acceptors (Lipinski definition) is 3. The molecule has 82 valence electrons. The lowest BCUT2D eigenvalue weighted by Gasteiger charge is -2.00. The second-order valence-electron chi connectivity index (χ2n) is 2.91. The van der Waals surface area contributed by atoms with Crippen LogP contribution in [0.1, 0.15) is 26.2 Å². The van der Waals surface area contributed by atoms with E-state index in [1.165, 1.54) is 6.92 Å². The molecule has 0 radical (unpaired) electrons. The number of hydrogen-bond donors (Lipinski definition) is 1. The number of methoxy groups -OCH3 is 1. The lowest BCUT2D eigenvalue weighted by molar-refractivity contribution is -0.118. The third kappa shape index (κ3) is 11.1. The fourth-order valence-electron chi connectivity index (χ4n) is 0.868. The average Bonchev–Trinajstić information content (AvgIpc) is 2.15. The third-order valence-corrected chi connectivity index (χ3v) is 1.52.